The summed E-state index contributed by atoms with van der Waals surface area (Å²) in [5.41, 5.74) is 2.46. The largest absolute Gasteiger partial charge is 0.373 e. The number of hydrogen-bond donors (Lipinski definition) is 1. The van der Waals surface area contributed by atoms with E-state index in [1.165, 1.54) is 16.6 Å². The number of nitrogens with one attached hydrogen (secondary N) is 1. The monoisotopic (exact) mass is 251 g/mol. The molecule has 1 N–H and O–H groups in total. The van der Waals surface area contributed by atoms with E-state index in [0.29, 0.717) is 6.10 Å². The summed E-state index contributed by atoms with van der Waals surface area (Å²) in [6.07, 6.45) is 1.46. The number of benzene rings is 1. The molecule has 0 saturated carbocycles. The molecule has 1 aromatic heterocycles. The second kappa shape index (κ2) is 3.11. The van der Waals surface area contributed by atoms with Crippen LogP contribution in [0.1, 0.15) is 5.69 Å². The number of hydrogen-bond acceptors (Lipinski definition) is 1. The summed E-state index contributed by atoms with van der Waals surface area (Å²) in [5.74, 6) is 0. The first kappa shape index (κ1) is 8.50. The Kier molecular flexibility index (Phi) is 1.89. The van der Waals surface area contributed by atoms with E-state index in [0.717, 1.165) is 17.5 Å². The van der Waals surface area contributed by atoms with Crippen LogP contribution >= 0.6 is 15.9 Å². The lowest BCUT2D eigenvalue weighted by Crippen LogP contribution is -1.91. The van der Waals surface area contributed by atoms with E-state index in [4.69, 9.17) is 4.74 Å². The van der Waals surface area contributed by atoms with Crippen LogP contribution in [-0.2, 0) is 11.2 Å². The van der Waals surface area contributed by atoms with Crippen LogP contribution in [-0.4, -0.2) is 17.7 Å². The van der Waals surface area contributed by atoms with Crippen molar-refractivity contribution in [1.29, 1.82) is 0 Å². The van der Waals surface area contributed by atoms with Crippen LogP contribution < -0.4 is 0 Å². The lowest BCUT2D eigenvalue weighted by atomic mass is 10.2. The molecule has 14 heavy (non-hydrogen) atoms. The van der Waals surface area contributed by atoms with Crippen molar-refractivity contribution in [2.24, 2.45) is 0 Å². The van der Waals surface area contributed by atoms with Gasteiger partial charge in [0.05, 0.1) is 12.7 Å². The van der Waals surface area contributed by atoms with Gasteiger partial charge in [-0.25, -0.2) is 0 Å². The Balaban J connectivity index is 2.01. The van der Waals surface area contributed by atoms with Gasteiger partial charge in [0, 0.05) is 27.5 Å². The first-order valence-electron chi connectivity index (χ1n) is 4.70. The molecule has 0 amide bonds. The predicted octanol–water partition coefficient (Wildman–Crippen LogP) is 2.87. The second-order valence-corrected chi connectivity index (χ2v) is 4.60. The van der Waals surface area contributed by atoms with Crippen molar-refractivity contribution < 1.29 is 4.74 Å². The quantitative estimate of drug-likeness (QED) is 0.818. The molecule has 1 saturated heterocycles. The number of epoxide rings is 1. The molecule has 1 fully saturated rings. The van der Waals surface area contributed by atoms with E-state index < -0.39 is 0 Å². The van der Waals surface area contributed by atoms with Gasteiger partial charge in [-0.05, 0) is 24.3 Å². The maximum atomic E-state index is 5.20. The van der Waals surface area contributed by atoms with Gasteiger partial charge in [-0.15, -0.1) is 0 Å². The normalized spacial score (nSPS) is 20.2. The number of halogens is 1. The molecule has 0 radical (unpaired) electrons. The van der Waals surface area contributed by atoms with E-state index >= 15 is 0 Å². The first-order valence-corrected chi connectivity index (χ1v) is 5.49. The first-order chi connectivity index (χ1) is 6.81. The van der Waals surface area contributed by atoms with E-state index in [1.54, 1.807) is 0 Å². The van der Waals surface area contributed by atoms with E-state index in [-0.39, 0.29) is 0 Å². The minimum atomic E-state index is 0.450. The topological polar surface area (TPSA) is 28.3 Å². The van der Waals surface area contributed by atoms with Gasteiger partial charge in [0.2, 0.25) is 0 Å². The molecule has 1 aromatic carbocycles. The van der Waals surface area contributed by atoms with Crippen molar-refractivity contribution in [3.8, 4) is 0 Å². The molecule has 3 heteroatoms. The fraction of sp³-hybridized carbons (Fsp3) is 0.273. The van der Waals surface area contributed by atoms with Crippen LogP contribution in [0.5, 0.6) is 0 Å². The molecular weight excluding hydrogens is 242 g/mol. The molecule has 2 nitrogen and oxygen atoms in total. The van der Waals surface area contributed by atoms with Crippen LogP contribution in [0.25, 0.3) is 10.9 Å². The van der Waals surface area contributed by atoms with Crippen LogP contribution in [0.2, 0.25) is 0 Å². The standard InChI is InChI=1S/C11H10BrNO/c12-8-1-2-11-7(3-8)4-9(13-11)5-10-6-14-10/h1-4,10,13H,5-6H2. The van der Waals surface area contributed by atoms with Crippen LogP contribution in [0.3, 0.4) is 0 Å². The van der Waals surface area contributed by atoms with Crippen molar-refractivity contribution in [2.45, 2.75) is 12.5 Å². The second-order valence-electron chi connectivity index (χ2n) is 3.69. The van der Waals surface area contributed by atoms with E-state index in [1.807, 2.05) is 0 Å². The molecule has 0 aliphatic carbocycles. The number of ether oxygens (including phenoxy) is 1. The molecule has 0 spiro atoms. The predicted molar refractivity (Wildman–Crippen MR) is 59.4 cm³/mol. The maximum Gasteiger partial charge on any atom is 0.0864 e. The van der Waals surface area contributed by atoms with Gasteiger partial charge < -0.3 is 9.72 Å². The van der Waals surface area contributed by atoms with Crippen molar-refractivity contribution in [1.82, 2.24) is 4.98 Å². The van der Waals surface area contributed by atoms with Gasteiger partial charge in [-0.1, -0.05) is 15.9 Å². The van der Waals surface area contributed by atoms with Crippen LogP contribution in [0.15, 0.2) is 28.7 Å². The average Bonchev–Trinajstić information content (AvgIpc) is 2.84. The molecule has 1 aliphatic rings. The highest BCUT2D eigenvalue weighted by molar-refractivity contribution is 9.10. The molecule has 2 heterocycles. The summed E-state index contributed by atoms with van der Waals surface area (Å²) in [7, 11) is 0. The SMILES string of the molecule is Brc1ccc2[nH]c(CC3CO3)cc2c1. The molecule has 1 unspecified atom stereocenters. The third-order valence-electron chi connectivity index (χ3n) is 2.49. The van der Waals surface area contributed by atoms with Crippen LogP contribution in [0, 0.1) is 0 Å². The summed E-state index contributed by atoms with van der Waals surface area (Å²) in [5, 5.41) is 1.26. The summed E-state index contributed by atoms with van der Waals surface area (Å²) >= 11 is 3.47. The number of rotatable bonds is 2. The average molecular weight is 252 g/mol. The van der Waals surface area contributed by atoms with Crippen molar-refractivity contribution in [2.75, 3.05) is 6.61 Å². The molecule has 0 bridgehead atoms. The lowest BCUT2D eigenvalue weighted by molar-refractivity contribution is 0.406. The number of fused-ring (bicyclic) bond motifs is 1. The summed E-state index contributed by atoms with van der Waals surface area (Å²) in [4.78, 5) is 3.39. The fourth-order valence-corrected chi connectivity index (χ4v) is 2.08. The van der Waals surface area contributed by atoms with Crippen LogP contribution in [0.4, 0.5) is 0 Å². The van der Waals surface area contributed by atoms with E-state index in [2.05, 4.69) is 45.2 Å². The Morgan fingerprint density at radius 3 is 3.07 bits per heavy atom. The van der Waals surface area contributed by atoms with Crippen molar-refractivity contribution in [3.63, 3.8) is 0 Å². The highest BCUT2D eigenvalue weighted by atomic mass is 79.9. The Bertz CT molecular complexity index is 473. The third-order valence-corrected chi connectivity index (χ3v) is 2.98. The molecule has 72 valence electrons. The highest BCUT2D eigenvalue weighted by Crippen LogP contribution is 2.23. The zero-order valence-electron chi connectivity index (χ0n) is 7.59. The highest BCUT2D eigenvalue weighted by Gasteiger charge is 2.23. The van der Waals surface area contributed by atoms with Crippen molar-refractivity contribution >= 4 is 26.8 Å². The number of aromatic amines is 1. The Hall–Kier alpha value is -0.800. The van der Waals surface area contributed by atoms with Crippen molar-refractivity contribution in [3.05, 3.63) is 34.4 Å². The molecular formula is C11H10BrNO. The maximum absolute atomic E-state index is 5.20. The summed E-state index contributed by atoms with van der Waals surface area (Å²) in [6.45, 7) is 0.916. The fourth-order valence-electron chi connectivity index (χ4n) is 1.70. The summed E-state index contributed by atoms with van der Waals surface area (Å²) < 4.78 is 6.33. The van der Waals surface area contributed by atoms with Gasteiger partial charge in [0.1, 0.15) is 0 Å². The van der Waals surface area contributed by atoms with Gasteiger partial charge in [-0.2, -0.15) is 0 Å². The minimum absolute atomic E-state index is 0.450. The molecule has 3 rings (SSSR count). The van der Waals surface area contributed by atoms with Gasteiger partial charge in [0.15, 0.2) is 0 Å². The number of aromatic nitrogens is 1. The Labute approximate surface area is 90.4 Å². The zero-order valence-corrected chi connectivity index (χ0v) is 9.17. The Morgan fingerprint density at radius 1 is 1.43 bits per heavy atom. The molecule has 1 aliphatic heterocycles. The zero-order chi connectivity index (χ0) is 9.54. The number of H-pyrrole nitrogens is 1. The Morgan fingerprint density at radius 2 is 2.29 bits per heavy atom. The molecule has 2 aromatic rings. The molecule has 1 atom stereocenters. The third kappa shape index (κ3) is 1.57. The van der Waals surface area contributed by atoms with Gasteiger partial charge in [0.25, 0.3) is 0 Å². The lowest BCUT2D eigenvalue weighted by Gasteiger charge is -1.90. The summed E-state index contributed by atoms with van der Waals surface area (Å²) in [6, 6.07) is 8.47. The van der Waals surface area contributed by atoms with Gasteiger partial charge in [-0.3, -0.25) is 0 Å². The minimum Gasteiger partial charge on any atom is -0.373 e. The smallest absolute Gasteiger partial charge is 0.0864 e. The van der Waals surface area contributed by atoms with E-state index in [9.17, 15) is 0 Å². The van der Waals surface area contributed by atoms with Gasteiger partial charge >= 0.3 is 0 Å².